The quantitative estimate of drug-likeness (QED) is 0.299. The third kappa shape index (κ3) is 2.47. The number of pyridine rings is 1. The van der Waals surface area contributed by atoms with Crippen LogP contribution >= 0.6 is 0 Å². The zero-order valence-electron chi connectivity index (χ0n) is 12.3. The van der Waals surface area contributed by atoms with E-state index in [0.717, 1.165) is 5.01 Å². The molecule has 0 amide bonds. The summed E-state index contributed by atoms with van der Waals surface area (Å²) in [6.45, 7) is 7.53. The van der Waals surface area contributed by atoms with Gasteiger partial charge in [-0.05, 0) is 33.8 Å². The highest BCUT2D eigenvalue weighted by Crippen LogP contribution is 2.36. The van der Waals surface area contributed by atoms with Gasteiger partial charge in [0.25, 0.3) is 0 Å². The first-order valence-corrected chi connectivity index (χ1v) is 6.42. The van der Waals surface area contributed by atoms with Crippen LogP contribution in [-0.4, -0.2) is 35.1 Å². The normalized spacial score (nSPS) is 20.2. The Morgan fingerprint density at radius 1 is 1.30 bits per heavy atom. The van der Waals surface area contributed by atoms with Crippen molar-refractivity contribution in [3.8, 4) is 0 Å². The van der Waals surface area contributed by atoms with Crippen LogP contribution in [0.3, 0.4) is 0 Å². The molecule has 0 radical (unpaired) electrons. The molecular formula is C12H21BN4O3. The number of hydrogen-bond donors (Lipinski definition) is 3. The fourth-order valence-corrected chi connectivity index (χ4v) is 1.89. The van der Waals surface area contributed by atoms with Crippen LogP contribution in [0.4, 0.5) is 11.5 Å². The van der Waals surface area contributed by atoms with E-state index in [-0.39, 0.29) is 12.5 Å². The lowest BCUT2D eigenvalue weighted by Gasteiger charge is -2.32. The average molecular weight is 280 g/mol. The molecule has 0 saturated carbocycles. The minimum absolute atomic E-state index is 0.238. The van der Waals surface area contributed by atoms with Gasteiger partial charge >= 0.3 is 7.12 Å². The van der Waals surface area contributed by atoms with E-state index in [9.17, 15) is 0 Å². The van der Waals surface area contributed by atoms with Gasteiger partial charge in [0, 0.05) is 11.7 Å². The standard InChI is InChI=1S/C12H21BN4O3/c1-11(2)12(3,4)20-13(19-11)8-5-9(17(15)7-18)10(14)16-6-8/h5-6,18H,7,15H2,1-4H3,(H2,14,16). The van der Waals surface area contributed by atoms with Gasteiger partial charge in [-0.2, -0.15) is 0 Å². The highest BCUT2D eigenvalue weighted by atomic mass is 16.7. The molecule has 1 saturated heterocycles. The first kappa shape index (κ1) is 15.1. The molecule has 1 aliphatic rings. The van der Waals surface area contributed by atoms with Gasteiger partial charge in [-0.3, -0.25) is 5.01 Å². The summed E-state index contributed by atoms with van der Waals surface area (Å²) in [6, 6.07) is 1.71. The minimum atomic E-state index is -0.543. The van der Waals surface area contributed by atoms with Gasteiger partial charge in [0.2, 0.25) is 0 Å². The molecule has 0 spiro atoms. The zero-order chi connectivity index (χ0) is 15.1. The molecule has 0 unspecified atom stereocenters. The zero-order valence-corrected chi connectivity index (χ0v) is 12.3. The summed E-state index contributed by atoms with van der Waals surface area (Å²) in [5.74, 6) is 5.89. The molecule has 7 nitrogen and oxygen atoms in total. The predicted molar refractivity (Wildman–Crippen MR) is 78.1 cm³/mol. The minimum Gasteiger partial charge on any atom is -0.399 e. The van der Waals surface area contributed by atoms with Crippen molar-refractivity contribution in [2.75, 3.05) is 17.5 Å². The molecule has 1 fully saturated rings. The van der Waals surface area contributed by atoms with E-state index in [1.165, 1.54) is 0 Å². The van der Waals surface area contributed by atoms with Gasteiger partial charge < -0.3 is 20.1 Å². The number of nitrogen functional groups attached to an aromatic ring is 1. The highest BCUT2D eigenvalue weighted by molar-refractivity contribution is 6.62. The van der Waals surface area contributed by atoms with Crippen LogP contribution < -0.4 is 22.0 Å². The van der Waals surface area contributed by atoms with Gasteiger partial charge in [0.05, 0.1) is 16.9 Å². The van der Waals surface area contributed by atoms with Crippen molar-refractivity contribution in [1.82, 2.24) is 4.98 Å². The lowest BCUT2D eigenvalue weighted by Crippen LogP contribution is -2.41. The van der Waals surface area contributed by atoms with E-state index in [4.69, 9.17) is 26.0 Å². The third-order valence-electron chi connectivity index (χ3n) is 3.91. The van der Waals surface area contributed by atoms with Crippen LogP contribution in [0.2, 0.25) is 0 Å². The summed E-state index contributed by atoms with van der Waals surface area (Å²) < 4.78 is 11.9. The number of nitrogens with two attached hydrogens (primary N) is 2. The Labute approximate surface area is 119 Å². The Bertz CT molecular complexity index is 493. The molecule has 1 aromatic rings. The van der Waals surface area contributed by atoms with E-state index in [1.54, 1.807) is 12.3 Å². The second-order valence-corrected chi connectivity index (χ2v) is 5.87. The van der Waals surface area contributed by atoms with Crippen molar-refractivity contribution in [3.05, 3.63) is 12.3 Å². The fraction of sp³-hybridized carbons (Fsp3) is 0.583. The topological polar surface area (TPSA) is 107 Å². The van der Waals surface area contributed by atoms with Crippen LogP contribution in [-0.2, 0) is 9.31 Å². The molecule has 5 N–H and O–H groups in total. The number of rotatable bonds is 3. The summed E-state index contributed by atoms with van der Waals surface area (Å²) in [4.78, 5) is 4.07. The van der Waals surface area contributed by atoms with Crippen molar-refractivity contribution in [2.45, 2.75) is 38.9 Å². The Kier molecular flexibility index (Phi) is 3.68. The highest BCUT2D eigenvalue weighted by Gasteiger charge is 2.51. The lowest BCUT2D eigenvalue weighted by atomic mass is 9.80. The summed E-state index contributed by atoms with van der Waals surface area (Å²) >= 11 is 0. The van der Waals surface area contributed by atoms with Crippen molar-refractivity contribution in [3.63, 3.8) is 0 Å². The second-order valence-electron chi connectivity index (χ2n) is 5.87. The molecule has 110 valence electrons. The number of aliphatic hydroxyl groups excluding tert-OH is 1. The largest absolute Gasteiger partial charge is 0.496 e. The van der Waals surface area contributed by atoms with Crippen LogP contribution in [0.25, 0.3) is 0 Å². The maximum absolute atomic E-state index is 9.09. The maximum atomic E-state index is 9.09. The second kappa shape index (κ2) is 4.89. The summed E-state index contributed by atoms with van der Waals surface area (Å²) in [6.07, 6.45) is 1.59. The number of anilines is 2. The molecule has 0 aromatic carbocycles. The van der Waals surface area contributed by atoms with E-state index in [1.807, 2.05) is 27.7 Å². The fourth-order valence-electron chi connectivity index (χ4n) is 1.89. The number of aromatic nitrogens is 1. The molecule has 2 heterocycles. The van der Waals surface area contributed by atoms with E-state index in [0.29, 0.717) is 11.2 Å². The number of hydrazine groups is 1. The molecule has 2 rings (SSSR count). The summed E-state index contributed by atoms with van der Waals surface area (Å²) in [5.41, 5.74) is 6.02. The smallest absolute Gasteiger partial charge is 0.399 e. The van der Waals surface area contributed by atoms with Gasteiger partial charge in [-0.1, -0.05) is 0 Å². The van der Waals surface area contributed by atoms with Crippen molar-refractivity contribution >= 4 is 24.1 Å². The predicted octanol–water partition coefficient (Wildman–Crippen LogP) is -0.407. The monoisotopic (exact) mass is 280 g/mol. The van der Waals surface area contributed by atoms with Crippen molar-refractivity contribution in [2.24, 2.45) is 5.84 Å². The summed E-state index contributed by atoms with van der Waals surface area (Å²) in [7, 11) is -0.543. The van der Waals surface area contributed by atoms with E-state index >= 15 is 0 Å². The van der Waals surface area contributed by atoms with Crippen LogP contribution in [0.15, 0.2) is 12.3 Å². The Morgan fingerprint density at radius 3 is 2.35 bits per heavy atom. The first-order valence-electron chi connectivity index (χ1n) is 6.42. The number of hydrogen-bond acceptors (Lipinski definition) is 7. The van der Waals surface area contributed by atoms with Crippen LogP contribution in [0, 0.1) is 0 Å². The van der Waals surface area contributed by atoms with Gasteiger partial charge in [-0.25, -0.2) is 10.8 Å². The average Bonchev–Trinajstić information content (AvgIpc) is 2.58. The third-order valence-corrected chi connectivity index (χ3v) is 3.91. The van der Waals surface area contributed by atoms with E-state index in [2.05, 4.69) is 4.98 Å². The van der Waals surface area contributed by atoms with Crippen LogP contribution in [0.5, 0.6) is 0 Å². The molecule has 20 heavy (non-hydrogen) atoms. The SMILES string of the molecule is CC1(C)OB(c2cnc(N)c(N(N)CO)c2)OC1(C)C. The first-order chi connectivity index (χ1) is 9.18. The molecule has 0 atom stereocenters. The Morgan fingerprint density at radius 2 is 1.85 bits per heavy atom. The molecular weight excluding hydrogens is 259 g/mol. The molecule has 0 bridgehead atoms. The van der Waals surface area contributed by atoms with Crippen molar-refractivity contribution < 1.29 is 14.4 Å². The molecule has 8 heteroatoms. The molecule has 1 aromatic heterocycles. The maximum Gasteiger partial charge on any atom is 0.496 e. The summed E-state index contributed by atoms with van der Waals surface area (Å²) in [5, 5.41) is 10.2. The number of nitrogens with zero attached hydrogens (tertiary/aromatic N) is 2. The van der Waals surface area contributed by atoms with Gasteiger partial charge in [0.15, 0.2) is 0 Å². The van der Waals surface area contributed by atoms with Gasteiger partial charge in [0.1, 0.15) is 12.5 Å². The van der Waals surface area contributed by atoms with Crippen LogP contribution in [0.1, 0.15) is 27.7 Å². The van der Waals surface area contributed by atoms with Gasteiger partial charge in [-0.15, -0.1) is 0 Å². The lowest BCUT2D eigenvalue weighted by molar-refractivity contribution is 0.00578. The Balaban J connectivity index is 2.32. The molecule has 0 aliphatic carbocycles. The van der Waals surface area contributed by atoms with E-state index < -0.39 is 18.3 Å². The molecule has 1 aliphatic heterocycles. The number of aliphatic hydroxyl groups is 1. The van der Waals surface area contributed by atoms with Crippen molar-refractivity contribution in [1.29, 1.82) is 0 Å². The Hall–Kier alpha value is -1.35.